The zero-order valence-electron chi connectivity index (χ0n) is 28.6. The standard InChI is InChI=1S/C36H45ClFN3O7S/c1-6-8-18-47-26-15-17-33(32(22-26)48-19-9-7-2)49(44,45)41-29-16-14-24(37)20-28(29)36(35(41)43,27-12-10-11-13-31(27)46-5)40-23-25(38)21-30(40)34(42)39(3)4/h10-17,20,22,25,30,34,42H,6-9,18-19,21,23H2,1-5H3/t25-,30+,34?,36?/m1/s1. The number of likely N-dealkylation sites (N-methyl/N-ethyl adjacent to an activating group) is 1. The molecule has 0 saturated carbocycles. The van der Waals surface area contributed by atoms with E-state index in [0.29, 0.717) is 18.8 Å². The average molecular weight is 718 g/mol. The van der Waals surface area contributed by atoms with Crippen molar-refractivity contribution in [2.24, 2.45) is 0 Å². The van der Waals surface area contributed by atoms with Crippen LogP contribution in [0.3, 0.4) is 0 Å². The first-order valence-corrected chi connectivity index (χ1v) is 18.4. The third-order valence-corrected chi connectivity index (χ3v) is 11.1. The number of hydrogen-bond acceptors (Lipinski definition) is 9. The lowest BCUT2D eigenvalue weighted by Gasteiger charge is -2.44. The van der Waals surface area contributed by atoms with Crippen molar-refractivity contribution >= 4 is 33.2 Å². The number of aliphatic hydroxyl groups is 1. The highest BCUT2D eigenvalue weighted by Gasteiger charge is 2.64. The molecular weight excluding hydrogens is 673 g/mol. The van der Waals surface area contributed by atoms with Gasteiger partial charge in [-0.25, -0.2) is 17.1 Å². The summed E-state index contributed by atoms with van der Waals surface area (Å²) >= 11 is 6.59. The Labute approximate surface area is 293 Å². The van der Waals surface area contributed by atoms with Crippen LogP contribution < -0.4 is 18.5 Å². The van der Waals surface area contributed by atoms with Crippen LogP contribution in [0.1, 0.15) is 57.1 Å². The summed E-state index contributed by atoms with van der Waals surface area (Å²) in [5.74, 6) is -0.124. The third kappa shape index (κ3) is 6.73. The van der Waals surface area contributed by atoms with Crippen LogP contribution in [0, 0.1) is 0 Å². The minimum absolute atomic E-state index is 0.0449. The Kier molecular flexibility index (Phi) is 11.4. The molecule has 1 N–H and O–H groups in total. The third-order valence-electron chi connectivity index (χ3n) is 9.11. The molecule has 0 aliphatic carbocycles. The number of methoxy groups -OCH3 is 1. The first-order valence-electron chi connectivity index (χ1n) is 16.6. The number of hydrogen-bond donors (Lipinski definition) is 1. The number of benzene rings is 3. The molecule has 3 aromatic carbocycles. The fourth-order valence-electron chi connectivity index (χ4n) is 6.71. The molecule has 0 aromatic heterocycles. The van der Waals surface area contributed by atoms with Crippen molar-refractivity contribution in [3.63, 3.8) is 0 Å². The van der Waals surface area contributed by atoms with E-state index >= 15 is 9.18 Å². The fourth-order valence-corrected chi connectivity index (χ4v) is 8.46. The van der Waals surface area contributed by atoms with Crippen LogP contribution >= 0.6 is 11.6 Å². The van der Waals surface area contributed by atoms with Crippen LogP contribution in [0.2, 0.25) is 5.02 Å². The molecule has 0 radical (unpaired) electrons. The van der Waals surface area contributed by atoms with Crippen LogP contribution in [0.4, 0.5) is 10.1 Å². The number of fused-ring (bicyclic) bond motifs is 1. The maximum Gasteiger partial charge on any atom is 0.274 e. The van der Waals surface area contributed by atoms with E-state index in [1.807, 2.05) is 13.8 Å². The van der Waals surface area contributed by atoms with E-state index in [1.54, 1.807) is 49.3 Å². The molecule has 2 aliphatic heterocycles. The number of sulfonamides is 1. The molecule has 5 rings (SSSR count). The van der Waals surface area contributed by atoms with Gasteiger partial charge in [0.25, 0.3) is 15.9 Å². The molecule has 1 amide bonds. The molecule has 1 saturated heterocycles. The molecule has 3 aromatic rings. The van der Waals surface area contributed by atoms with Gasteiger partial charge in [-0.05, 0) is 69.8 Å². The van der Waals surface area contributed by atoms with Gasteiger partial charge >= 0.3 is 0 Å². The van der Waals surface area contributed by atoms with Crippen molar-refractivity contribution in [2.45, 2.75) is 74.8 Å². The van der Waals surface area contributed by atoms with Crippen molar-refractivity contribution in [1.82, 2.24) is 9.80 Å². The summed E-state index contributed by atoms with van der Waals surface area (Å²) in [6.45, 7) is 4.46. The summed E-state index contributed by atoms with van der Waals surface area (Å²) in [6, 6.07) is 14.8. The van der Waals surface area contributed by atoms with Crippen molar-refractivity contribution in [2.75, 3.05) is 45.3 Å². The second-order valence-corrected chi connectivity index (χ2v) is 14.8. The summed E-state index contributed by atoms with van der Waals surface area (Å²) in [5.41, 5.74) is -1.41. The highest BCUT2D eigenvalue weighted by molar-refractivity contribution is 7.93. The summed E-state index contributed by atoms with van der Waals surface area (Å²) < 4.78 is 64.0. The number of aliphatic hydroxyl groups excluding tert-OH is 1. The van der Waals surface area contributed by atoms with Crippen molar-refractivity contribution in [3.8, 4) is 17.2 Å². The number of para-hydroxylation sites is 1. The highest BCUT2D eigenvalue weighted by Crippen LogP contribution is 2.55. The van der Waals surface area contributed by atoms with Gasteiger partial charge in [-0.3, -0.25) is 14.6 Å². The molecule has 266 valence electrons. The minimum atomic E-state index is -4.69. The Morgan fingerprint density at radius 3 is 2.37 bits per heavy atom. The molecule has 1 fully saturated rings. The van der Waals surface area contributed by atoms with Crippen LogP contribution in [0.5, 0.6) is 17.2 Å². The van der Waals surface area contributed by atoms with E-state index in [1.165, 1.54) is 42.3 Å². The highest BCUT2D eigenvalue weighted by atomic mass is 35.5. The number of carbonyl (C=O) groups excluding carboxylic acids is 1. The van der Waals surface area contributed by atoms with Gasteiger partial charge in [0.15, 0.2) is 5.54 Å². The number of rotatable bonds is 15. The molecule has 0 bridgehead atoms. The Bertz CT molecular complexity index is 1760. The SMILES string of the molecule is CCCCOc1ccc(S(=O)(=O)N2C(=O)C(c3ccccc3OC)(N3C[C@H](F)C[C@H]3C(O)N(C)C)c3cc(Cl)ccc32)c(OCCCC)c1. The largest absolute Gasteiger partial charge is 0.496 e. The quantitative estimate of drug-likeness (QED) is 0.150. The van der Waals surface area contributed by atoms with E-state index in [4.69, 9.17) is 25.8 Å². The van der Waals surface area contributed by atoms with E-state index < -0.39 is 39.9 Å². The lowest BCUT2D eigenvalue weighted by atomic mass is 9.80. The van der Waals surface area contributed by atoms with Crippen molar-refractivity contribution in [3.05, 3.63) is 76.8 Å². The number of amides is 1. The Morgan fingerprint density at radius 1 is 1.00 bits per heavy atom. The Morgan fingerprint density at radius 2 is 1.69 bits per heavy atom. The molecule has 49 heavy (non-hydrogen) atoms. The second-order valence-electron chi connectivity index (χ2n) is 12.6. The summed E-state index contributed by atoms with van der Waals surface area (Å²) in [4.78, 5) is 18.3. The molecule has 4 atom stereocenters. The smallest absolute Gasteiger partial charge is 0.274 e. The second kappa shape index (κ2) is 15.2. The topological polar surface area (TPSA) is 109 Å². The molecule has 13 heteroatoms. The molecule has 2 aliphatic rings. The molecule has 2 heterocycles. The number of likely N-dealkylation sites (tertiary alicyclic amines) is 1. The number of nitrogens with zero attached hydrogens (tertiary/aromatic N) is 3. The number of halogens is 2. The number of carbonyl (C=O) groups is 1. The van der Waals surface area contributed by atoms with Gasteiger partial charge in [0.05, 0.1) is 32.1 Å². The van der Waals surface area contributed by atoms with Crippen molar-refractivity contribution in [1.29, 1.82) is 0 Å². The monoisotopic (exact) mass is 717 g/mol. The summed E-state index contributed by atoms with van der Waals surface area (Å²) in [5, 5.41) is 11.6. The van der Waals surface area contributed by atoms with Gasteiger partial charge in [-0.2, -0.15) is 0 Å². The van der Waals surface area contributed by atoms with E-state index in [0.717, 1.165) is 23.6 Å². The first kappa shape index (κ1) is 36.9. The zero-order valence-corrected chi connectivity index (χ0v) is 30.1. The predicted molar refractivity (Wildman–Crippen MR) is 187 cm³/mol. The number of unbranched alkanes of at least 4 members (excludes halogenated alkanes) is 2. The van der Waals surface area contributed by atoms with Crippen LogP contribution in [-0.4, -0.2) is 88.6 Å². The molecule has 2 unspecified atom stereocenters. The van der Waals surface area contributed by atoms with Gasteiger partial charge in [0.2, 0.25) is 0 Å². The van der Waals surface area contributed by atoms with E-state index in [9.17, 15) is 13.5 Å². The minimum Gasteiger partial charge on any atom is -0.496 e. The van der Waals surface area contributed by atoms with Crippen molar-refractivity contribution < 1.29 is 36.9 Å². The van der Waals surface area contributed by atoms with Gasteiger partial charge in [-0.1, -0.05) is 56.5 Å². The maximum atomic E-state index is 15.6. The van der Waals surface area contributed by atoms with Crippen LogP contribution in [-0.2, 0) is 20.4 Å². The normalized spacial score (nSPS) is 21.7. The fraction of sp³-hybridized carbons (Fsp3) is 0.472. The predicted octanol–water partition coefficient (Wildman–Crippen LogP) is 5.98. The maximum absolute atomic E-state index is 15.6. The number of ether oxygens (including phenoxy) is 3. The van der Waals surface area contributed by atoms with E-state index in [2.05, 4.69) is 0 Å². The summed E-state index contributed by atoms with van der Waals surface area (Å²) in [6.07, 6.45) is 0.516. The lowest BCUT2D eigenvalue weighted by molar-refractivity contribution is -0.130. The van der Waals surface area contributed by atoms with Gasteiger partial charge in [-0.15, -0.1) is 0 Å². The van der Waals surface area contributed by atoms with Gasteiger partial charge in [0.1, 0.15) is 34.5 Å². The van der Waals surface area contributed by atoms with Gasteiger partial charge < -0.3 is 19.3 Å². The lowest BCUT2D eigenvalue weighted by Crippen LogP contribution is -2.60. The first-order chi connectivity index (χ1) is 23.4. The van der Waals surface area contributed by atoms with Crippen LogP contribution in [0.25, 0.3) is 0 Å². The Hall–Kier alpha value is -3.42. The van der Waals surface area contributed by atoms with E-state index in [-0.39, 0.29) is 57.8 Å². The summed E-state index contributed by atoms with van der Waals surface area (Å²) in [7, 11) is 0.0498. The molecule has 10 nitrogen and oxygen atoms in total. The van der Waals surface area contributed by atoms with Gasteiger partial charge in [0, 0.05) is 28.8 Å². The number of alkyl halides is 1. The Balaban J connectivity index is 1.77. The average Bonchev–Trinajstić information content (AvgIpc) is 3.59. The van der Waals surface area contributed by atoms with Crippen LogP contribution in [0.15, 0.2) is 65.6 Å². The number of anilines is 1. The molecule has 0 spiro atoms. The molecular formula is C36H45ClFN3O7S. The zero-order chi connectivity index (χ0) is 35.5.